The lowest BCUT2D eigenvalue weighted by Gasteiger charge is -2.08. The molecule has 0 saturated heterocycles. The van der Waals surface area contributed by atoms with Gasteiger partial charge in [0.15, 0.2) is 0 Å². The summed E-state index contributed by atoms with van der Waals surface area (Å²) in [5.74, 6) is 0. The van der Waals surface area contributed by atoms with Crippen molar-refractivity contribution in [3.63, 3.8) is 0 Å². The van der Waals surface area contributed by atoms with Crippen molar-refractivity contribution in [1.29, 1.82) is 0 Å². The van der Waals surface area contributed by atoms with Gasteiger partial charge >= 0.3 is 6.18 Å². The van der Waals surface area contributed by atoms with Crippen molar-refractivity contribution < 1.29 is 13.2 Å². The normalized spacial score (nSPS) is 11.7. The van der Waals surface area contributed by atoms with Crippen LogP contribution in [-0.4, -0.2) is 16.5 Å². The number of alkyl halides is 3. The molecule has 1 heterocycles. The van der Waals surface area contributed by atoms with Gasteiger partial charge in [0.2, 0.25) is 0 Å². The largest absolute Gasteiger partial charge is 0.416 e. The quantitative estimate of drug-likeness (QED) is 0.819. The Bertz CT molecular complexity index is 489. The molecule has 6 heteroatoms. The summed E-state index contributed by atoms with van der Waals surface area (Å²) in [5, 5.41) is 3.17. The van der Waals surface area contributed by atoms with Crippen molar-refractivity contribution in [1.82, 2.24) is 15.3 Å². The Morgan fingerprint density at radius 2 is 1.89 bits per heavy atom. The van der Waals surface area contributed by atoms with Crippen LogP contribution < -0.4 is 5.32 Å². The Hall–Kier alpha value is -1.82. The van der Waals surface area contributed by atoms with Crippen molar-refractivity contribution in [3.8, 4) is 0 Å². The van der Waals surface area contributed by atoms with E-state index in [4.69, 9.17) is 0 Å². The molecule has 0 saturated carbocycles. The molecule has 0 amide bonds. The van der Waals surface area contributed by atoms with Crippen LogP contribution in [0.25, 0.3) is 0 Å². The number of aromatic nitrogens is 2. The summed E-state index contributed by atoms with van der Waals surface area (Å²) in [7, 11) is 0. The van der Waals surface area contributed by atoms with Gasteiger partial charge in [-0.25, -0.2) is 4.98 Å². The van der Waals surface area contributed by atoms with E-state index in [1.807, 2.05) is 0 Å². The summed E-state index contributed by atoms with van der Waals surface area (Å²) in [4.78, 5) is 6.89. The predicted molar refractivity (Wildman–Crippen MR) is 65.4 cm³/mol. The van der Waals surface area contributed by atoms with E-state index in [0.717, 1.165) is 36.4 Å². The highest BCUT2D eigenvalue weighted by Gasteiger charge is 2.29. The molecule has 0 fully saturated rings. The van der Waals surface area contributed by atoms with Crippen LogP contribution in [0.5, 0.6) is 0 Å². The van der Waals surface area contributed by atoms with E-state index >= 15 is 0 Å². The number of nitrogens with zero attached hydrogens (tertiary/aromatic N) is 1. The summed E-state index contributed by atoms with van der Waals surface area (Å²) in [6.45, 7) is 1.29. The van der Waals surface area contributed by atoms with Gasteiger partial charge in [-0.05, 0) is 17.7 Å². The molecule has 0 aliphatic rings. The van der Waals surface area contributed by atoms with Gasteiger partial charge in [-0.2, -0.15) is 13.2 Å². The summed E-state index contributed by atoms with van der Waals surface area (Å²) in [6.07, 6.45) is -0.0990. The third-order valence-corrected chi connectivity index (χ3v) is 2.74. The first-order valence-electron chi connectivity index (χ1n) is 5.90. The van der Waals surface area contributed by atoms with Crippen LogP contribution in [0, 0.1) is 0 Å². The van der Waals surface area contributed by atoms with Crippen LogP contribution >= 0.6 is 0 Å². The number of hydrogen-bond acceptors (Lipinski definition) is 2. The van der Waals surface area contributed by atoms with E-state index in [1.165, 1.54) is 12.1 Å². The van der Waals surface area contributed by atoms with Gasteiger partial charge in [0.05, 0.1) is 11.9 Å². The molecule has 19 heavy (non-hydrogen) atoms. The molecule has 1 aromatic heterocycles. The molecular weight excluding hydrogens is 255 g/mol. The Kier molecular flexibility index (Phi) is 4.21. The minimum atomic E-state index is -4.27. The van der Waals surface area contributed by atoms with E-state index in [1.54, 1.807) is 12.5 Å². The molecule has 0 bridgehead atoms. The van der Waals surface area contributed by atoms with Gasteiger partial charge < -0.3 is 10.3 Å². The van der Waals surface area contributed by atoms with Gasteiger partial charge in [-0.15, -0.1) is 0 Å². The molecule has 1 aromatic carbocycles. The van der Waals surface area contributed by atoms with Crippen LogP contribution in [-0.2, 0) is 19.1 Å². The second-order valence-corrected chi connectivity index (χ2v) is 4.20. The summed E-state index contributed by atoms with van der Waals surface area (Å²) in [5.41, 5.74) is 1.24. The van der Waals surface area contributed by atoms with E-state index in [-0.39, 0.29) is 0 Å². The first-order chi connectivity index (χ1) is 9.05. The maximum absolute atomic E-state index is 12.4. The lowest BCUT2D eigenvalue weighted by Crippen LogP contribution is -2.17. The Balaban J connectivity index is 1.77. The number of halogens is 3. The van der Waals surface area contributed by atoms with Crippen molar-refractivity contribution in [2.24, 2.45) is 0 Å². The summed E-state index contributed by atoms with van der Waals surface area (Å²) in [6, 6.07) is 5.19. The monoisotopic (exact) mass is 269 g/mol. The second-order valence-electron chi connectivity index (χ2n) is 4.20. The van der Waals surface area contributed by atoms with E-state index in [0.29, 0.717) is 6.54 Å². The molecule has 3 nitrogen and oxygen atoms in total. The SMILES string of the molecule is FC(F)(F)c1ccc(CNCCc2cnc[nH]2)cc1. The number of rotatable bonds is 5. The summed E-state index contributed by atoms with van der Waals surface area (Å²) < 4.78 is 37.1. The number of H-pyrrole nitrogens is 1. The molecule has 0 radical (unpaired) electrons. The Morgan fingerprint density at radius 1 is 1.16 bits per heavy atom. The molecule has 0 atom stereocenters. The maximum Gasteiger partial charge on any atom is 0.416 e. The second kappa shape index (κ2) is 5.88. The fraction of sp³-hybridized carbons (Fsp3) is 0.308. The molecule has 0 aliphatic carbocycles. The van der Waals surface area contributed by atoms with E-state index in [2.05, 4.69) is 15.3 Å². The number of hydrogen-bond donors (Lipinski definition) is 2. The minimum Gasteiger partial charge on any atom is -0.348 e. The standard InChI is InChI=1S/C13H14F3N3/c14-13(15,16)11-3-1-10(2-4-11)7-17-6-5-12-8-18-9-19-12/h1-4,8-9,17H,5-7H2,(H,18,19). The molecule has 0 spiro atoms. The third kappa shape index (κ3) is 4.10. The molecule has 102 valence electrons. The van der Waals surface area contributed by atoms with E-state index < -0.39 is 11.7 Å². The lowest BCUT2D eigenvalue weighted by atomic mass is 10.1. The molecule has 0 unspecified atom stereocenters. The van der Waals surface area contributed by atoms with Gasteiger partial charge in [0, 0.05) is 31.4 Å². The van der Waals surface area contributed by atoms with Gasteiger partial charge in [0.1, 0.15) is 0 Å². The zero-order valence-corrected chi connectivity index (χ0v) is 10.2. The highest BCUT2D eigenvalue weighted by Crippen LogP contribution is 2.28. The van der Waals surface area contributed by atoms with Gasteiger partial charge in [-0.1, -0.05) is 12.1 Å². The van der Waals surface area contributed by atoms with Crippen molar-refractivity contribution in [3.05, 3.63) is 53.6 Å². The number of benzene rings is 1. The minimum absolute atomic E-state index is 0.548. The van der Waals surface area contributed by atoms with Gasteiger partial charge in [-0.3, -0.25) is 0 Å². The Labute approximate surface area is 108 Å². The average molecular weight is 269 g/mol. The smallest absolute Gasteiger partial charge is 0.348 e. The van der Waals surface area contributed by atoms with E-state index in [9.17, 15) is 13.2 Å². The lowest BCUT2D eigenvalue weighted by molar-refractivity contribution is -0.137. The maximum atomic E-state index is 12.4. The molecule has 2 N–H and O–H groups in total. The van der Waals surface area contributed by atoms with Gasteiger partial charge in [0.25, 0.3) is 0 Å². The molecule has 2 aromatic rings. The summed E-state index contributed by atoms with van der Waals surface area (Å²) >= 11 is 0. The number of imidazole rings is 1. The van der Waals surface area contributed by atoms with Crippen LogP contribution in [0.3, 0.4) is 0 Å². The molecule has 2 rings (SSSR count). The highest BCUT2D eigenvalue weighted by atomic mass is 19.4. The van der Waals surface area contributed by atoms with Crippen molar-refractivity contribution in [2.45, 2.75) is 19.1 Å². The van der Waals surface area contributed by atoms with Crippen molar-refractivity contribution >= 4 is 0 Å². The van der Waals surface area contributed by atoms with Crippen molar-refractivity contribution in [2.75, 3.05) is 6.54 Å². The highest BCUT2D eigenvalue weighted by molar-refractivity contribution is 5.24. The fourth-order valence-corrected chi connectivity index (χ4v) is 1.69. The fourth-order valence-electron chi connectivity index (χ4n) is 1.69. The zero-order valence-electron chi connectivity index (χ0n) is 10.2. The average Bonchev–Trinajstić information content (AvgIpc) is 2.87. The topological polar surface area (TPSA) is 40.7 Å². The predicted octanol–water partition coefficient (Wildman–Crippen LogP) is 2.76. The molecular formula is C13H14F3N3. The molecule has 0 aliphatic heterocycles. The first kappa shape index (κ1) is 13.6. The number of nitrogens with one attached hydrogen (secondary N) is 2. The number of aromatic amines is 1. The third-order valence-electron chi connectivity index (χ3n) is 2.74. The van der Waals surface area contributed by atoms with Crippen LogP contribution in [0.15, 0.2) is 36.8 Å². The van der Waals surface area contributed by atoms with Crippen LogP contribution in [0.4, 0.5) is 13.2 Å². The zero-order chi connectivity index (χ0) is 13.7. The first-order valence-corrected chi connectivity index (χ1v) is 5.90. The van der Waals surface area contributed by atoms with Crippen LogP contribution in [0.1, 0.15) is 16.8 Å². The Morgan fingerprint density at radius 3 is 2.47 bits per heavy atom. The van der Waals surface area contributed by atoms with Crippen LogP contribution in [0.2, 0.25) is 0 Å².